The van der Waals surface area contributed by atoms with Crippen LogP contribution in [0.5, 0.6) is 0 Å². The average Bonchev–Trinajstić information content (AvgIpc) is 3.08. The van der Waals surface area contributed by atoms with Crippen LogP contribution in [-0.2, 0) is 6.54 Å². The van der Waals surface area contributed by atoms with Crippen molar-refractivity contribution in [1.82, 2.24) is 24.5 Å². The Labute approximate surface area is 186 Å². The summed E-state index contributed by atoms with van der Waals surface area (Å²) < 4.78 is 3.49. The molecule has 2 aromatic heterocycles. The Morgan fingerprint density at radius 3 is 2.03 bits per heavy atom. The monoisotopic (exact) mass is 427 g/mol. The van der Waals surface area contributed by atoms with Crippen LogP contribution in [0, 0.1) is 20.8 Å². The van der Waals surface area contributed by atoms with E-state index in [1.807, 2.05) is 79.2 Å². The molecule has 2 aromatic carbocycles. The van der Waals surface area contributed by atoms with E-state index in [0.29, 0.717) is 12.2 Å². The van der Waals surface area contributed by atoms with Gasteiger partial charge in [0.05, 0.1) is 17.1 Å². The highest BCUT2D eigenvalue weighted by molar-refractivity contribution is 5.91. The van der Waals surface area contributed by atoms with Crippen LogP contribution >= 0.6 is 0 Å². The van der Waals surface area contributed by atoms with Crippen molar-refractivity contribution in [2.75, 3.05) is 7.05 Å². The lowest BCUT2D eigenvalue weighted by molar-refractivity contribution is 0.0775. The Balaban J connectivity index is 1.65. The van der Waals surface area contributed by atoms with E-state index in [2.05, 4.69) is 10.2 Å². The van der Waals surface area contributed by atoms with E-state index >= 15 is 0 Å². The van der Waals surface area contributed by atoms with Gasteiger partial charge in [-0.25, -0.2) is 9.36 Å². The summed E-state index contributed by atoms with van der Waals surface area (Å²) >= 11 is 0. The molecule has 7 heteroatoms. The molecule has 0 saturated carbocycles. The molecule has 0 fully saturated rings. The van der Waals surface area contributed by atoms with Crippen LogP contribution < -0.4 is 5.43 Å². The van der Waals surface area contributed by atoms with Crippen LogP contribution in [0.25, 0.3) is 11.4 Å². The van der Waals surface area contributed by atoms with Crippen LogP contribution in [0.15, 0.2) is 71.5 Å². The van der Waals surface area contributed by atoms with Gasteiger partial charge < -0.3 is 4.90 Å². The van der Waals surface area contributed by atoms with Gasteiger partial charge in [-0.15, -0.1) is 0 Å². The minimum absolute atomic E-state index is 0.104. The summed E-state index contributed by atoms with van der Waals surface area (Å²) in [6, 6.07) is 20.7. The number of hydrogen-bond acceptors (Lipinski definition) is 4. The van der Waals surface area contributed by atoms with Gasteiger partial charge in [0.25, 0.3) is 5.91 Å². The van der Waals surface area contributed by atoms with Gasteiger partial charge in [0.2, 0.25) is 5.43 Å². The number of amides is 1. The van der Waals surface area contributed by atoms with Crippen molar-refractivity contribution in [3.8, 4) is 11.4 Å². The maximum absolute atomic E-state index is 13.2. The van der Waals surface area contributed by atoms with Crippen molar-refractivity contribution in [1.29, 1.82) is 0 Å². The smallest absolute Gasteiger partial charge is 0.278 e. The number of carbonyl (C=O) groups is 1. The molecule has 0 radical (unpaired) electrons. The van der Waals surface area contributed by atoms with E-state index in [-0.39, 0.29) is 11.1 Å². The Bertz CT molecular complexity index is 1320. The maximum Gasteiger partial charge on any atom is 0.278 e. The largest absolute Gasteiger partial charge is 0.336 e. The van der Waals surface area contributed by atoms with E-state index in [1.165, 1.54) is 11.0 Å². The molecule has 4 rings (SSSR count). The summed E-state index contributed by atoms with van der Waals surface area (Å²) in [6.07, 6.45) is 0. The first-order chi connectivity index (χ1) is 15.4. The number of para-hydroxylation sites is 2. The molecule has 0 saturated heterocycles. The molecule has 162 valence electrons. The molecule has 0 aliphatic carbocycles. The number of hydrogen-bond donors (Lipinski definition) is 0. The van der Waals surface area contributed by atoms with Crippen LogP contribution in [0.4, 0.5) is 0 Å². The van der Waals surface area contributed by atoms with Gasteiger partial charge in [0, 0.05) is 36.6 Å². The summed E-state index contributed by atoms with van der Waals surface area (Å²) in [4.78, 5) is 27.3. The van der Waals surface area contributed by atoms with E-state index in [4.69, 9.17) is 0 Å². The molecule has 0 spiro atoms. The number of benzene rings is 2. The molecule has 0 N–H and O–H groups in total. The molecule has 1 amide bonds. The molecule has 0 aliphatic heterocycles. The fourth-order valence-corrected chi connectivity index (χ4v) is 3.74. The third kappa shape index (κ3) is 3.97. The highest BCUT2D eigenvalue weighted by Gasteiger charge is 2.22. The molecule has 4 aromatic rings. The molecule has 0 bridgehead atoms. The Morgan fingerprint density at radius 1 is 0.875 bits per heavy atom. The first-order valence-corrected chi connectivity index (χ1v) is 10.4. The quantitative estimate of drug-likeness (QED) is 0.488. The highest BCUT2D eigenvalue weighted by Crippen LogP contribution is 2.19. The third-order valence-electron chi connectivity index (χ3n) is 5.49. The molecule has 7 nitrogen and oxygen atoms in total. The van der Waals surface area contributed by atoms with Crippen molar-refractivity contribution < 1.29 is 4.79 Å². The fourth-order valence-electron chi connectivity index (χ4n) is 3.74. The number of rotatable bonds is 5. The Morgan fingerprint density at radius 2 is 1.44 bits per heavy atom. The van der Waals surface area contributed by atoms with Crippen molar-refractivity contribution in [3.63, 3.8) is 0 Å². The molecule has 0 unspecified atom stereocenters. The lowest BCUT2D eigenvalue weighted by atomic mass is 10.1. The molecular weight excluding hydrogens is 402 g/mol. The van der Waals surface area contributed by atoms with Crippen molar-refractivity contribution >= 4 is 5.91 Å². The molecule has 32 heavy (non-hydrogen) atoms. The third-order valence-corrected chi connectivity index (χ3v) is 5.49. The minimum Gasteiger partial charge on any atom is -0.336 e. The summed E-state index contributed by atoms with van der Waals surface area (Å²) in [5, 5.41) is 9.04. The molecular formula is C25H25N5O2. The normalized spacial score (nSPS) is 10.9. The van der Waals surface area contributed by atoms with Gasteiger partial charge in [-0.2, -0.15) is 10.2 Å². The van der Waals surface area contributed by atoms with Gasteiger partial charge in [-0.3, -0.25) is 9.59 Å². The Kier molecular flexibility index (Phi) is 5.73. The van der Waals surface area contributed by atoms with E-state index in [9.17, 15) is 9.59 Å². The summed E-state index contributed by atoms with van der Waals surface area (Å²) in [7, 11) is 1.68. The lowest BCUT2D eigenvalue weighted by Gasteiger charge is -2.18. The zero-order valence-corrected chi connectivity index (χ0v) is 18.6. The van der Waals surface area contributed by atoms with Gasteiger partial charge in [0.1, 0.15) is 0 Å². The lowest BCUT2D eigenvalue weighted by Crippen LogP contribution is -2.33. The van der Waals surface area contributed by atoms with Crippen LogP contribution in [0.1, 0.15) is 33.1 Å². The van der Waals surface area contributed by atoms with Gasteiger partial charge in [-0.05, 0) is 45.0 Å². The second kappa shape index (κ2) is 8.63. The number of nitrogens with zero attached hydrogens (tertiary/aromatic N) is 5. The second-order valence-electron chi connectivity index (χ2n) is 7.80. The number of aryl methyl sites for hydroxylation is 2. The van der Waals surface area contributed by atoms with E-state index < -0.39 is 5.91 Å². The van der Waals surface area contributed by atoms with Crippen LogP contribution in [-0.4, -0.2) is 37.4 Å². The minimum atomic E-state index is -0.425. The predicted molar refractivity (Wildman–Crippen MR) is 123 cm³/mol. The number of carbonyl (C=O) groups excluding carboxylic acids is 1. The van der Waals surface area contributed by atoms with Crippen molar-refractivity contribution in [3.05, 3.63) is 105 Å². The van der Waals surface area contributed by atoms with Crippen molar-refractivity contribution in [2.24, 2.45) is 0 Å². The summed E-state index contributed by atoms with van der Waals surface area (Å²) in [5.41, 5.74) is 4.65. The SMILES string of the molecule is Cc1nn(-c2ccccc2)c(C)c1CN(C)C(=O)c1nn(-c2ccccc2)c(C)cc1=O. The molecule has 0 aliphatic rings. The van der Waals surface area contributed by atoms with Gasteiger partial charge in [-0.1, -0.05) is 36.4 Å². The number of aromatic nitrogens is 4. The second-order valence-corrected chi connectivity index (χ2v) is 7.80. The van der Waals surface area contributed by atoms with Crippen LogP contribution in [0.2, 0.25) is 0 Å². The highest BCUT2D eigenvalue weighted by atomic mass is 16.2. The van der Waals surface area contributed by atoms with Gasteiger partial charge in [0.15, 0.2) is 5.69 Å². The molecule has 0 atom stereocenters. The summed E-state index contributed by atoms with van der Waals surface area (Å²) in [6.45, 7) is 6.02. The molecule has 2 heterocycles. The topological polar surface area (TPSA) is 73.0 Å². The standard InChI is InChI=1S/C25H25N5O2/c1-17-15-23(31)24(27-29(17)20-11-7-5-8-12-20)25(32)28(4)16-22-18(2)26-30(19(22)3)21-13-9-6-10-14-21/h5-15H,16H2,1-4H3. The first-order valence-electron chi connectivity index (χ1n) is 10.4. The zero-order valence-electron chi connectivity index (χ0n) is 18.6. The van der Waals surface area contributed by atoms with E-state index in [0.717, 1.165) is 28.3 Å². The zero-order chi connectivity index (χ0) is 22.8. The van der Waals surface area contributed by atoms with Gasteiger partial charge >= 0.3 is 0 Å². The van der Waals surface area contributed by atoms with E-state index in [1.54, 1.807) is 18.7 Å². The first kappa shape index (κ1) is 21.2. The van der Waals surface area contributed by atoms with Crippen molar-refractivity contribution in [2.45, 2.75) is 27.3 Å². The fraction of sp³-hybridized carbons (Fsp3) is 0.200. The maximum atomic E-state index is 13.2. The summed E-state index contributed by atoms with van der Waals surface area (Å²) in [5.74, 6) is -0.425. The Hall–Kier alpha value is -4.00. The predicted octanol–water partition coefficient (Wildman–Crippen LogP) is 3.62. The average molecular weight is 428 g/mol. The van der Waals surface area contributed by atoms with Crippen LogP contribution in [0.3, 0.4) is 0 Å².